The van der Waals surface area contributed by atoms with E-state index in [4.69, 9.17) is 0 Å². The Bertz CT molecular complexity index is 642. The van der Waals surface area contributed by atoms with E-state index in [9.17, 15) is 27.7 Å². The van der Waals surface area contributed by atoms with Gasteiger partial charge < -0.3 is 0 Å². The van der Waals surface area contributed by atoms with Gasteiger partial charge in [-0.3, -0.25) is 14.9 Å². The average Bonchev–Trinajstić information content (AvgIpc) is 2.35. The molecule has 0 spiro atoms. The van der Waals surface area contributed by atoms with E-state index in [1.165, 1.54) is 0 Å². The highest BCUT2D eigenvalue weighted by atomic mass is 32.2. The Kier molecular flexibility index (Phi) is 4.90. The summed E-state index contributed by atoms with van der Waals surface area (Å²) in [4.78, 5) is 20.2. The third kappa shape index (κ3) is 3.58. The lowest BCUT2D eigenvalue weighted by molar-refractivity contribution is -0.390. The molecule has 0 aliphatic carbocycles. The Morgan fingerprint density at radius 2 is 2.05 bits per heavy atom. The molecule has 0 saturated heterocycles. The van der Waals surface area contributed by atoms with E-state index in [2.05, 4.69) is 0 Å². The molecular weight excluding hydrogens is 291 g/mol. The minimum Gasteiger partial charge on any atom is -0.298 e. The summed E-state index contributed by atoms with van der Waals surface area (Å²) in [6.07, 6.45) is 0. The molecule has 0 atom stereocenters. The summed E-state index contributed by atoms with van der Waals surface area (Å²) in [6, 6.07) is 2.74. The number of Topliss-reactive ketones (excluding diaryl/α,β-unsaturated/α-hetero) is 1. The summed E-state index contributed by atoms with van der Waals surface area (Å²) in [5.74, 6) is -2.03. The van der Waals surface area contributed by atoms with Crippen molar-refractivity contribution in [2.24, 2.45) is 5.92 Å². The third-order valence-corrected chi connectivity index (χ3v) is 3.94. The molecule has 110 valence electrons. The van der Waals surface area contributed by atoms with Crippen molar-refractivity contribution in [1.82, 2.24) is 4.72 Å². The molecule has 9 heteroatoms. The summed E-state index contributed by atoms with van der Waals surface area (Å²) in [5, 5.41) is 10.7. The molecule has 0 bridgehead atoms. The van der Waals surface area contributed by atoms with Crippen molar-refractivity contribution >= 4 is 21.5 Å². The maximum atomic E-state index is 13.4. The lowest BCUT2D eigenvalue weighted by Crippen LogP contribution is -2.32. The fourth-order valence-electron chi connectivity index (χ4n) is 1.34. The zero-order valence-corrected chi connectivity index (χ0v) is 11.6. The molecule has 0 fully saturated rings. The molecule has 0 aromatic heterocycles. The molecule has 0 saturated carbocycles. The second kappa shape index (κ2) is 6.06. The van der Waals surface area contributed by atoms with E-state index in [1.807, 2.05) is 4.72 Å². The molecule has 0 aliphatic rings. The van der Waals surface area contributed by atoms with Crippen LogP contribution in [0.5, 0.6) is 0 Å². The number of nitro groups is 1. The van der Waals surface area contributed by atoms with Crippen molar-refractivity contribution in [3.63, 3.8) is 0 Å². The first-order valence-corrected chi connectivity index (χ1v) is 7.10. The third-order valence-electron chi connectivity index (χ3n) is 2.50. The quantitative estimate of drug-likeness (QED) is 0.628. The van der Waals surface area contributed by atoms with Gasteiger partial charge in [0.25, 0.3) is 0 Å². The van der Waals surface area contributed by atoms with Gasteiger partial charge in [-0.25, -0.2) is 13.1 Å². The van der Waals surface area contributed by atoms with E-state index < -0.39 is 37.9 Å². The van der Waals surface area contributed by atoms with Gasteiger partial charge in [-0.05, 0) is 12.1 Å². The van der Waals surface area contributed by atoms with Gasteiger partial charge >= 0.3 is 5.69 Å². The van der Waals surface area contributed by atoms with E-state index in [1.54, 1.807) is 13.8 Å². The number of halogens is 1. The normalized spacial score (nSPS) is 11.6. The molecule has 0 radical (unpaired) electrons. The van der Waals surface area contributed by atoms with Gasteiger partial charge in [0.15, 0.2) is 4.90 Å². The minimum absolute atomic E-state index is 0.382. The van der Waals surface area contributed by atoms with Crippen molar-refractivity contribution < 1.29 is 22.5 Å². The Balaban J connectivity index is 3.14. The van der Waals surface area contributed by atoms with Crippen LogP contribution < -0.4 is 4.72 Å². The molecule has 0 unspecified atom stereocenters. The van der Waals surface area contributed by atoms with Gasteiger partial charge in [0.05, 0.1) is 11.5 Å². The fourth-order valence-corrected chi connectivity index (χ4v) is 2.51. The number of carbonyl (C=O) groups is 1. The van der Waals surface area contributed by atoms with Crippen molar-refractivity contribution in [2.45, 2.75) is 18.7 Å². The summed E-state index contributed by atoms with van der Waals surface area (Å²) < 4.78 is 39.1. The van der Waals surface area contributed by atoms with Gasteiger partial charge in [-0.15, -0.1) is 0 Å². The highest BCUT2D eigenvalue weighted by Gasteiger charge is 2.29. The lowest BCUT2D eigenvalue weighted by atomic mass is 10.1. The second-order valence-corrected chi connectivity index (χ2v) is 6.02. The molecule has 7 nitrogen and oxygen atoms in total. The van der Waals surface area contributed by atoms with Crippen LogP contribution in [0.25, 0.3) is 0 Å². The first kappa shape index (κ1) is 16.2. The molecule has 20 heavy (non-hydrogen) atoms. The molecule has 1 aromatic rings. The maximum absolute atomic E-state index is 13.4. The van der Waals surface area contributed by atoms with Crippen LogP contribution in [-0.4, -0.2) is 25.7 Å². The van der Waals surface area contributed by atoms with Crippen LogP contribution >= 0.6 is 0 Å². The summed E-state index contributed by atoms with van der Waals surface area (Å²) >= 11 is 0. The largest absolute Gasteiger partial charge is 0.324 e. The SMILES string of the molecule is CC(C)C(=O)CNS(=O)(=O)c1cccc(F)c1[N+](=O)[O-]. The molecular formula is C11H13FN2O5S. The van der Waals surface area contributed by atoms with Crippen LogP contribution in [0.15, 0.2) is 23.1 Å². The predicted octanol–water partition coefficient (Wildman–Crippen LogP) is 1.24. The fraction of sp³-hybridized carbons (Fsp3) is 0.364. The number of carbonyl (C=O) groups excluding carboxylic acids is 1. The first-order valence-electron chi connectivity index (χ1n) is 5.62. The van der Waals surface area contributed by atoms with E-state index in [-0.39, 0.29) is 11.7 Å². The van der Waals surface area contributed by atoms with Gasteiger partial charge in [0.1, 0.15) is 5.78 Å². The van der Waals surface area contributed by atoms with E-state index >= 15 is 0 Å². The standard InChI is InChI=1S/C11H13FN2O5S/c1-7(2)9(15)6-13-20(18,19)10-5-3-4-8(12)11(10)14(16)17/h3-5,7,13H,6H2,1-2H3. The zero-order valence-electron chi connectivity index (χ0n) is 10.8. The summed E-state index contributed by atoms with van der Waals surface area (Å²) in [7, 11) is -4.34. The highest BCUT2D eigenvalue weighted by molar-refractivity contribution is 7.89. The Labute approximate surface area is 115 Å². The van der Waals surface area contributed by atoms with Crippen LogP contribution in [-0.2, 0) is 14.8 Å². The lowest BCUT2D eigenvalue weighted by Gasteiger charge is -2.08. The van der Waals surface area contributed by atoms with Crippen molar-refractivity contribution in [1.29, 1.82) is 0 Å². The smallest absolute Gasteiger partial charge is 0.298 e. The van der Waals surface area contributed by atoms with Gasteiger partial charge in [-0.2, -0.15) is 4.39 Å². The predicted molar refractivity (Wildman–Crippen MR) is 68.1 cm³/mol. The Morgan fingerprint density at radius 3 is 2.55 bits per heavy atom. The van der Waals surface area contributed by atoms with Crippen molar-refractivity contribution in [3.05, 3.63) is 34.1 Å². The van der Waals surface area contributed by atoms with Crippen LogP contribution in [0.4, 0.5) is 10.1 Å². The number of hydrogen-bond acceptors (Lipinski definition) is 5. The number of sulfonamides is 1. The summed E-state index contributed by atoms with van der Waals surface area (Å²) in [5.41, 5.74) is -1.14. The molecule has 0 amide bonds. The number of benzene rings is 1. The van der Waals surface area contributed by atoms with Crippen molar-refractivity contribution in [3.8, 4) is 0 Å². The highest BCUT2D eigenvalue weighted by Crippen LogP contribution is 2.26. The molecule has 1 aromatic carbocycles. The van der Waals surface area contributed by atoms with Crippen LogP contribution in [0.3, 0.4) is 0 Å². The van der Waals surface area contributed by atoms with Gasteiger partial charge in [0, 0.05) is 5.92 Å². The second-order valence-electron chi connectivity index (χ2n) is 4.29. The molecule has 1 N–H and O–H groups in total. The number of para-hydroxylation sites is 1. The molecule has 1 rings (SSSR count). The topological polar surface area (TPSA) is 106 Å². The van der Waals surface area contributed by atoms with Crippen molar-refractivity contribution in [2.75, 3.05) is 6.54 Å². The minimum atomic E-state index is -4.34. The number of nitro benzene ring substituents is 1. The number of ketones is 1. The first-order chi connectivity index (χ1) is 9.16. The van der Waals surface area contributed by atoms with E-state index in [0.29, 0.717) is 0 Å². The van der Waals surface area contributed by atoms with Gasteiger partial charge in [-0.1, -0.05) is 19.9 Å². The summed E-state index contributed by atoms with van der Waals surface area (Å²) in [6.45, 7) is 2.66. The monoisotopic (exact) mass is 304 g/mol. The van der Waals surface area contributed by atoms with Crippen LogP contribution in [0.2, 0.25) is 0 Å². The number of hydrogen-bond donors (Lipinski definition) is 1. The number of nitrogens with one attached hydrogen (secondary N) is 1. The van der Waals surface area contributed by atoms with E-state index in [0.717, 1.165) is 18.2 Å². The molecule has 0 aliphatic heterocycles. The van der Waals surface area contributed by atoms with Gasteiger partial charge in [0.2, 0.25) is 15.8 Å². The maximum Gasteiger partial charge on any atom is 0.324 e. The van der Waals surface area contributed by atoms with Crippen LogP contribution in [0.1, 0.15) is 13.8 Å². The number of rotatable bonds is 6. The van der Waals surface area contributed by atoms with Crippen LogP contribution in [0, 0.1) is 21.8 Å². The number of nitrogens with zero attached hydrogens (tertiary/aromatic N) is 1. The Morgan fingerprint density at radius 1 is 1.45 bits per heavy atom. The zero-order chi connectivity index (χ0) is 15.5. The average molecular weight is 304 g/mol. The Hall–Kier alpha value is -1.87. The molecule has 0 heterocycles.